The molecule has 0 spiro atoms. The van der Waals surface area contributed by atoms with Gasteiger partial charge in [0.25, 0.3) is 0 Å². The number of esters is 4. The summed E-state index contributed by atoms with van der Waals surface area (Å²) in [7, 11) is -9.89. The van der Waals surface area contributed by atoms with Gasteiger partial charge in [0.05, 0.1) is 26.4 Å². The molecule has 0 heterocycles. The van der Waals surface area contributed by atoms with Crippen molar-refractivity contribution in [2.45, 2.75) is 336 Å². The number of phosphoric acid groups is 2. The molecule has 0 aliphatic heterocycles. The third-order valence-corrected chi connectivity index (χ3v) is 17.1. The van der Waals surface area contributed by atoms with Crippen molar-refractivity contribution < 1.29 is 80.2 Å². The average Bonchev–Trinajstić information content (AvgIpc) is 3.54. The smallest absolute Gasteiger partial charge is 0.462 e. The lowest BCUT2D eigenvalue weighted by molar-refractivity contribution is -0.161. The zero-order valence-electron chi connectivity index (χ0n) is 54.4. The molecule has 0 aliphatic carbocycles. The molecule has 0 fully saturated rings. The van der Waals surface area contributed by atoms with Crippen molar-refractivity contribution in [3.8, 4) is 0 Å². The summed E-state index contributed by atoms with van der Waals surface area (Å²) in [4.78, 5) is 72.2. The lowest BCUT2D eigenvalue weighted by atomic mass is 9.99. The Kier molecular flexibility index (Phi) is 55.0. The fourth-order valence-electron chi connectivity index (χ4n) is 9.62. The van der Waals surface area contributed by atoms with Crippen molar-refractivity contribution in [2.75, 3.05) is 39.6 Å². The molecule has 19 heteroatoms. The second-order valence-electron chi connectivity index (χ2n) is 24.7. The van der Waals surface area contributed by atoms with Crippen LogP contribution in [-0.4, -0.2) is 96.7 Å². The lowest BCUT2D eigenvalue weighted by Gasteiger charge is -2.21. The second kappa shape index (κ2) is 56.3. The normalized spacial score (nSPS) is 14.7. The van der Waals surface area contributed by atoms with Gasteiger partial charge in [0.15, 0.2) is 12.2 Å². The Bertz CT molecular complexity index is 1670. The number of unbranched alkanes of at least 4 members (excludes halogenated alkanes) is 30. The van der Waals surface area contributed by atoms with Crippen molar-refractivity contribution in [3.63, 3.8) is 0 Å². The van der Waals surface area contributed by atoms with Gasteiger partial charge in [-0.15, -0.1) is 0 Å². The van der Waals surface area contributed by atoms with Crippen LogP contribution in [0.1, 0.15) is 318 Å². The molecule has 3 unspecified atom stereocenters. The molecule has 0 aliphatic rings. The van der Waals surface area contributed by atoms with Crippen molar-refractivity contribution in [2.24, 2.45) is 17.8 Å². The minimum atomic E-state index is -4.95. The summed E-state index contributed by atoms with van der Waals surface area (Å²) in [6.07, 6.45) is 37.6. The molecule has 0 radical (unpaired) electrons. The number of hydrogen-bond donors (Lipinski definition) is 3. The fraction of sp³-hybridized carbons (Fsp3) is 0.938. The second-order valence-corrected chi connectivity index (χ2v) is 27.6. The van der Waals surface area contributed by atoms with E-state index < -0.39 is 97.5 Å². The van der Waals surface area contributed by atoms with Crippen LogP contribution in [-0.2, 0) is 65.4 Å². The monoisotopic (exact) mass is 1240 g/mol. The van der Waals surface area contributed by atoms with Gasteiger partial charge in [-0.1, -0.05) is 267 Å². The molecule has 0 amide bonds. The van der Waals surface area contributed by atoms with E-state index in [0.29, 0.717) is 37.5 Å². The number of carbonyl (C=O) groups is 4. The maximum absolute atomic E-state index is 13.0. The highest BCUT2D eigenvalue weighted by Gasteiger charge is 2.30. The number of carbonyl (C=O) groups excluding carboxylic acids is 4. The van der Waals surface area contributed by atoms with Crippen molar-refractivity contribution in [1.82, 2.24) is 0 Å². The predicted octanol–water partition coefficient (Wildman–Crippen LogP) is 17.9. The number of aliphatic hydroxyl groups is 1. The number of phosphoric ester groups is 2. The molecule has 0 aromatic carbocycles. The van der Waals surface area contributed by atoms with Gasteiger partial charge in [0.1, 0.15) is 19.3 Å². The standard InChI is InChI=1S/C65H126O17P2/c1-8-10-11-12-13-14-18-25-32-39-46-62(67)75-52-61(82-65(70)49-42-35-28-21-23-30-37-44-57(5)6)55-80-84(73,74)78-51-59(66)50-77-83(71,72)79-54-60(53-76-63(68)47-40-33-27-20-22-29-36-43-56(3)4)81-64(69)48-41-34-26-19-16-15-17-24-31-38-45-58(7)9-2/h56-61,66H,8-55H2,1-7H3,(H,71,72)(H,73,74)/t58?,59-,60-,61-/m1/s1. The van der Waals surface area contributed by atoms with Crippen LogP contribution in [0.5, 0.6) is 0 Å². The van der Waals surface area contributed by atoms with Crippen LogP contribution in [0.25, 0.3) is 0 Å². The van der Waals surface area contributed by atoms with Gasteiger partial charge < -0.3 is 33.8 Å². The Labute approximate surface area is 511 Å². The molecule has 0 saturated carbocycles. The molecule has 0 bridgehead atoms. The van der Waals surface area contributed by atoms with Gasteiger partial charge >= 0.3 is 39.5 Å². The summed E-state index contributed by atoms with van der Waals surface area (Å²) < 4.78 is 68.0. The van der Waals surface area contributed by atoms with Gasteiger partial charge in [0.2, 0.25) is 0 Å². The van der Waals surface area contributed by atoms with Gasteiger partial charge in [-0.25, -0.2) is 9.13 Å². The molecule has 17 nitrogen and oxygen atoms in total. The molecular formula is C65H126O17P2. The van der Waals surface area contributed by atoms with Crippen molar-refractivity contribution >= 4 is 39.5 Å². The van der Waals surface area contributed by atoms with Gasteiger partial charge in [-0.05, 0) is 43.4 Å². The Hall–Kier alpha value is -1.94. The predicted molar refractivity (Wildman–Crippen MR) is 335 cm³/mol. The quantitative estimate of drug-likeness (QED) is 0.0222. The summed E-state index contributed by atoms with van der Waals surface area (Å²) in [5.74, 6) is 0.0671. The van der Waals surface area contributed by atoms with E-state index in [2.05, 4.69) is 48.5 Å². The highest BCUT2D eigenvalue weighted by molar-refractivity contribution is 7.47. The third-order valence-electron chi connectivity index (χ3n) is 15.2. The van der Waals surface area contributed by atoms with E-state index in [0.717, 1.165) is 102 Å². The highest BCUT2D eigenvalue weighted by Crippen LogP contribution is 2.45. The maximum Gasteiger partial charge on any atom is 0.472 e. The van der Waals surface area contributed by atoms with E-state index >= 15 is 0 Å². The zero-order chi connectivity index (χ0) is 62.4. The molecule has 0 saturated heterocycles. The molecule has 84 heavy (non-hydrogen) atoms. The van der Waals surface area contributed by atoms with Crippen LogP contribution in [0, 0.1) is 17.8 Å². The SMILES string of the molecule is CCCCCCCCCCCCC(=O)OC[C@H](COP(=O)(O)OC[C@H](O)COP(=O)(O)OC[C@@H](COC(=O)CCCCCCCCCC(C)C)OC(=O)CCCCCCCCCCCCC(C)CC)OC(=O)CCCCCCCCCC(C)C. The minimum Gasteiger partial charge on any atom is -0.462 e. The Morgan fingerprint density at radius 2 is 0.607 bits per heavy atom. The first kappa shape index (κ1) is 82.1. The molecule has 498 valence electrons. The van der Waals surface area contributed by atoms with Crippen molar-refractivity contribution in [3.05, 3.63) is 0 Å². The van der Waals surface area contributed by atoms with E-state index in [1.54, 1.807) is 0 Å². The summed E-state index contributed by atoms with van der Waals surface area (Å²) >= 11 is 0. The average molecular weight is 1240 g/mol. The van der Waals surface area contributed by atoms with Gasteiger partial charge in [-0.2, -0.15) is 0 Å². The summed E-state index contributed by atoms with van der Waals surface area (Å²) in [5.41, 5.74) is 0. The summed E-state index contributed by atoms with van der Waals surface area (Å²) in [6, 6.07) is 0. The van der Waals surface area contributed by atoms with Crippen LogP contribution in [0.15, 0.2) is 0 Å². The molecule has 3 N–H and O–H groups in total. The lowest BCUT2D eigenvalue weighted by Crippen LogP contribution is -2.30. The first-order valence-corrected chi connectivity index (χ1v) is 36.9. The summed E-state index contributed by atoms with van der Waals surface area (Å²) in [5, 5.41) is 10.5. The Morgan fingerprint density at radius 1 is 0.345 bits per heavy atom. The van der Waals surface area contributed by atoms with Gasteiger partial charge in [-0.3, -0.25) is 37.3 Å². The molecule has 0 rings (SSSR count). The number of hydrogen-bond acceptors (Lipinski definition) is 15. The topological polar surface area (TPSA) is 237 Å². The van der Waals surface area contributed by atoms with E-state index in [4.69, 9.17) is 37.0 Å². The van der Waals surface area contributed by atoms with Crippen LogP contribution in [0.4, 0.5) is 0 Å². The number of aliphatic hydroxyl groups excluding tert-OH is 1. The zero-order valence-corrected chi connectivity index (χ0v) is 56.1. The van der Waals surface area contributed by atoms with Crippen LogP contribution < -0.4 is 0 Å². The molecule has 6 atom stereocenters. The van der Waals surface area contributed by atoms with E-state index in [1.807, 2.05) is 0 Å². The number of rotatable bonds is 63. The van der Waals surface area contributed by atoms with E-state index in [1.165, 1.54) is 122 Å². The fourth-order valence-corrected chi connectivity index (χ4v) is 11.2. The Morgan fingerprint density at radius 3 is 0.905 bits per heavy atom. The maximum atomic E-state index is 13.0. The third kappa shape index (κ3) is 57.8. The van der Waals surface area contributed by atoms with E-state index in [9.17, 15) is 43.2 Å². The number of ether oxygens (including phenoxy) is 4. The van der Waals surface area contributed by atoms with Crippen LogP contribution in [0.2, 0.25) is 0 Å². The highest BCUT2D eigenvalue weighted by atomic mass is 31.2. The van der Waals surface area contributed by atoms with Crippen LogP contribution >= 0.6 is 15.6 Å². The van der Waals surface area contributed by atoms with Crippen molar-refractivity contribution in [1.29, 1.82) is 0 Å². The van der Waals surface area contributed by atoms with Gasteiger partial charge in [0, 0.05) is 25.7 Å². The Balaban J connectivity index is 5.25. The van der Waals surface area contributed by atoms with Crippen LogP contribution in [0.3, 0.4) is 0 Å². The molecule has 0 aromatic rings. The largest absolute Gasteiger partial charge is 0.472 e. The molecular weight excluding hydrogens is 1110 g/mol. The minimum absolute atomic E-state index is 0.103. The molecule has 0 aromatic heterocycles. The first-order chi connectivity index (χ1) is 40.3. The van der Waals surface area contributed by atoms with E-state index in [-0.39, 0.29) is 25.7 Å². The summed E-state index contributed by atoms with van der Waals surface area (Å²) in [6.45, 7) is 11.7. The first-order valence-electron chi connectivity index (χ1n) is 33.9.